The third kappa shape index (κ3) is 3.01. The van der Waals surface area contributed by atoms with Crippen LogP contribution in [0.25, 0.3) is 0 Å². The Morgan fingerprint density at radius 1 is 1.29 bits per heavy atom. The zero-order valence-electron chi connectivity index (χ0n) is 11.2. The molecule has 3 nitrogen and oxygen atoms in total. The van der Waals surface area contributed by atoms with Crippen LogP contribution < -0.4 is 0 Å². The summed E-state index contributed by atoms with van der Waals surface area (Å²) in [6.45, 7) is 5.81. The molecule has 17 heavy (non-hydrogen) atoms. The van der Waals surface area contributed by atoms with Gasteiger partial charge >= 0.3 is 5.97 Å². The molecule has 3 atom stereocenters. The van der Waals surface area contributed by atoms with Crippen LogP contribution in [0.1, 0.15) is 52.4 Å². The van der Waals surface area contributed by atoms with Crippen LogP contribution in [0, 0.1) is 5.92 Å². The van der Waals surface area contributed by atoms with Crippen molar-refractivity contribution in [2.75, 3.05) is 13.2 Å². The number of nitrogens with zero attached hydrogens (tertiary/aromatic N) is 1. The average Bonchev–Trinajstić information content (AvgIpc) is 2.78. The van der Waals surface area contributed by atoms with Crippen LogP contribution in [0.2, 0.25) is 0 Å². The van der Waals surface area contributed by atoms with Gasteiger partial charge in [-0.3, -0.25) is 9.69 Å². The maximum atomic E-state index is 11.9. The van der Waals surface area contributed by atoms with E-state index in [0.29, 0.717) is 12.6 Å². The minimum absolute atomic E-state index is 0.00299. The van der Waals surface area contributed by atoms with Crippen LogP contribution >= 0.6 is 0 Å². The molecule has 3 heteroatoms. The maximum absolute atomic E-state index is 11.9. The van der Waals surface area contributed by atoms with Gasteiger partial charge in [-0.05, 0) is 45.1 Å². The molecule has 0 radical (unpaired) electrons. The third-order valence-electron chi connectivity index (χ3n) is 4.23. The van der Waals surface area contributed by atoms with Gasteiger partial charge in [-0.25, -0.2) is 0 Å². The first-order valence-electron chi connectivity index (χ1n) is 7.14. The van der Waals surface area contributed by atoms with Gasteiger partial charge in [-0.2, -0.15) is 0 Å². The summed E-state index contributed by atoms with van der Waals surface area (Å²) in [7, 11) is 0. The van der Waals surface area contributed by atoms with E-state index in [9.17, 15) is 4.79 Å². The zero-order valence-corrected chi connectivity index (χ0v) is 11.2. The number of carbonyl (C=O) groups is 1. The second-order valence-corrected chi connectivity index (χ2v) is 5.57. The molecule has 0 bridgehead atoms. The number of rotatable bonds is 3. The highest BCUT2D eigenvalue weighted by Gasteiger charge is 2.37. The molecular weight excluding hydrogens is 214 g/mol. The van der Waals surface area contributed by atoms with E-state index in [1.54, 1.807) is 0 Å². The summed E-state index contributed by atoms with van der Waals surface area (Å²) in [5.74, 6) is 0.820. The molecule has 2 fully saturated rings. The zero-order chi connectivity index (χ0) is 12.3. The Balaban J connectivity index is 1.96. The van der Waals surface area contributed by atoms with Crippen molar-refractivity contribution in [1.82, 2.24) is 4.90 Å². The quantitative estimate of drug-likeness (QED) is 0.709. The van der Waals surface area contributed by atoms with Gasteiger partial charge in [-0.1, -0.05) is 19.8 Å². The lowest BCUT2D eigenvalue weighted by molar-refractivity contribution is -0.149. The molecule has 3 unspecified atom stereocenters. The number of likely N-dealkylation sites (tertiary alicyclic amines) is 1. The van der Waals surface area contributed by atoms with Crippen molar-refractivity contribution in [3.05, 3.63) is 0 Å². The molecule has 98 valence electrons. The van der Waals surface area contributed by atoms with Gasteiger partial charge in [0.05, 0.1) is 6.61 Å². The van der Waals surface area contributed by atoms with Crippen LogP contribution in [-0.2, 0) is 9.53 Å². The monoisotopic (exact) mass is 239 g/mol. The predicted molar refractivity (Wildman–Crippen MR) is 67.8 cm³/mol. The molecule has 1 heterocycles. The van der Waals surface area contributed by atoms with Crippen LogP contribution in [-0.4, -0.2) is 36.1 Å². The lowest BCUT2D eigenvalue weighted by Crippen LogP contribution is -2.45. The summed E-state index contributed by atoms with van der Waals surface area (Å²) < 4.78 is 5.19. The second-order valence-electron chi connectivity index (χ2n) is 5.57. The van der Waals surface area contributed by atoms with Crippen molar-refractivity contribution < 1.29 is 9.53 Å². The van der Waals surface area contributed by atoms with Gasteiger partial charge in [0.15, 0.2) is 0 Å². The van der Waals surface area contributed by atoms with Gasteiger partial charge in [-0.15, -0.1) is 0 Å². The Bertz CT molecular complexity index is 267. The molecule has 1 aliphatic heterocycles. The van der Waals surface area contributed by atoms with Gasteiger partial charge in [0.1, 0.15) is 6.04 Å². The molecular formula is C14H25NO2. The predicted octanol–water partition coefficient (Wildman–Crippen LogP) is 2.59. The van der Waals surface area contributed by atoms with Gasteiger partial charge < -0.3 is 4.74 Å². The molecule has 0 N–H and O–H groups in total. The van der Waals surface area contributed by atoms with Gasteiger partial charge in [0, 0.05) is 6.04 Å². The molecule has 0 aromatic rings. The highest BCUT2D eigenvalue weighted by atomic mass is 16.5. The standard InChI is InChI=1S/C14H25NO2/c1-3-17-14(16)13-8-5-9-15(13)12-7-4-6-11(2)10-12/h11-13H,3-10H2,1-2H3. The number of esters is 1. The van der Waals surface area contributed by atoms with E-state index < -0.39 is 0 Å². The summed E-state index contributed by atoms with van der Waals surface area (Å²) in [6, 6.07) is 0.668. The van der Waals surface area contributed by atoms with Crippen LogP contribution in [0.3, 0.4) is 0 Å². The smallest absolute Gasteiger partial charge is 0.323 e. The van der Waals surface area contributed by atoms with E-state index in [1.165, 1.54) is 25.7 Å². The molecule has 1 aliphatic carbocycles. The Morgan fingerprint density at radius 3 is 2.82 bits per heavy atom. The third-order valence-corrected chi connectivity index (χ3v) is 4.23. The van der Waals surface area contributed by atoms with E-state index in [-0.39, 0.29) is 12.0 Å². The summed E-state index contributed by atoms with van der Waals surface area (Å²) in [5, 5.41) is 0. The Labute approximate surface area is 105 Å². The van der Waals surface area contributed by atoms with E-state index in [4.69, 9.17) is 4.74 Å². The first-order valence-corrected chi connectivity index (χ1v) is 7.14. The lowest BCUT2D eigenvalue weighted by atomic mass is 9.86. The van der Waals surface area contributed by atoms with Gasteiger partial charge in [0.2, 0.25) is 0 Å². The summed E-state index contributed by atoms with van der Waals surface area (Å²) in [5.41, 5.74) is 0. The molecule has 2 rings (SSSR count). The van der Waals surface area contributed by atoms with Crippen molar-refractivity contribution in [2.24, 2.45) is 5.92 Å². The molecule has 2 aliphatic rings. The number of ether oxygens (including phenoxy) is 1. The van der Waals surface area contributed by atoms with Crippen molar-refractivity contribution in [3.63, 3.8) is 0 Å². The summed E-state index contributed by atoms with van der Waals surface area (Å²) >= 11 is 0. The highest BCUT2D eigenvalue weighted by molar-refractivity contribution is 5.76. The summed E-state index contributed by atoms with van der Waals surface area (Å²) in [6.07, 6.45) is 7.33. The van der Waals surface area contributed by atoms with Gasteiger partial charge in [0.25, 0.3) is 0 Å². The minimum Gasteiger partial charge on any atom is -0.465 e. The topological polar surface area (TPSA) is 29.5 Å². The first kappa shape index (κ1) is 12.9. The molecule has 0 aromatic heterocycles. The molecule has 0 spiro atoms. The molecule has 0 aromatic carbocycles. The van der Waals surface area contributed by atoms with E-state index in [0.717, 1.165) is 25.3 Å². The maximum Gasteiger partial charge on any atom is 0.323 e. The first-order chi connectivity index (χ1) is 8.22. The second kappa shape index (κ2) is 5.85. The van der Waals surface area contributed by atoms with Crippen molar-refractivity contribution in [3.8, 4) is 0 Å². The van der Waals surface area contributed by atoms with Crippen molar-refractivity contribution in [2.45, 2.75) is 64.5 Å². The van der Waals surface area contributed by atoms with Crippen LogP contribution in [0.15, 0.2) is 0 Å². The highest BCUT2D eigenvalue weighted by Crippen LogP contribution is 2.32. The fraction of sp³-hybridized carbons (Fsp3) is 0.929. The number of hydrogen-bond donors (Lipinski definition) is 0. The molecule has 1 saturated heterocycles. The fourth-order valence-corrected chi connectivity index (χ4v) is 3.42. The number of carbonyl (C=O) groups excluding carboxylic acids is 1. The van der Waals surface area contributed by atoms with Crippen molar-refractivity contribution in [1.29, 1.82) is 0 Å². The normalized spacial score (nSPS) is 34.8. The Hall–Kier alpha value is -0.570. The Kier molecular flexibility index (Phi) is 4.43. The minimum atomic E-state index is 0.00299. The van der Waals surface area contributed by atoms with E-state index in [1.807, 2.05) is 6.92 Å². The van der Waals surface area contributed by atoms with E-state index >= 15 is 0 Å². The largest absolute Gasteiger partial charge is 0.465 e. The molecule has 0 amide bonds. The van der Waals surface area contributed by atoms with Crippen LogP contribution in [0.4, 0.5) is 0 Å². The number of hydrogen-bond acceptors (Lipinski definition) is 3. The van der Waals surface area contributed by atoms with Crippen LogP contribution in [0.5, 0.6) is 0 Å². The molecule has 1 saturated carbocycles. The summed E-state index contributed by atoms with van der Waals surface area (Å²) in [4.78, 5) is 14.3. The SMILES string of the molecule is CCOC(=O)C1CCCN1C1CCCC(C)C1. The average molecular weight is 239 g/mol. The Morgan fingerprint density at radius 2 is 2.12 bits per heavy atom. The van der Waals surface area contributed by atoms with E-state index in [2.05, 4.69) is 11.8 Å². The lowest BCUT2D eigenvalue weighted by Gasteiger charge is -2.36. The van der Waals surface area contributed by atoms with Crippen molar-refractivity contribution >= 4 is 5.97 Å². The fourth-order valence-electron chi connectivity index (χ4n) is 3.42.